The summed E-state index contributed by atoms with van der Waals surface area (Å²) in [6.45, 7) is 10.3. The van der Waals surface area contributed by atoms with Gasteiger partial charge in [0.1, 0.15) is 0 Å². The molecule has 2 aliphatic rings. The predicted molar refractivity (Wildman–Crippen MR) is 74.7 cm³/mol. The van der Waals surface area contributed by atoms with Gasteiger partial charge < -0.3 is 9.84 Å². The topological polar surface area (TPSA) is 46.5 Å². The van der Waals surface area contributed by atoms with E-state index in [1.807, 2.05) is 0 Å². The van der Waals surface area contributed by atoms with Gasteiger partial charge in [0.25, 0.3) is 0 Å². The van der Waals surface area contributed by atoms with Crippen molar-refractivity contribution in [1.82, 2.24) is 0 Å². The number of ketones is 1. The average molecular weight is 264 g/mol. The third kappa shape index (κ3) is 2.41. The van der Waals surface area contributed by atoms with Crippen molar-refractivity contribution < 1.29 is 14.6 Å². The van der Waals surface area contributed by atoms with Crippen molar-refractivity contribution in [2.45, 2.75) is 38.7 Å². The Labute approximate surface area is 115 Å². The van der Waals surface area contributed by atoms with Gasteiger partial charge in [0.2, 0.25) is 0 Å². The van der Waals surface area contributed by atoms with Crippen LogP contribution in [0.15, 0.2) is 24.3 Å². The molecule has 106 valence electrons. The molecule has 0 saturated heterocycles. The highest BCUT2D eigenvalue weighted by molar-refractivity contribution is 5.96. The lowest BCUT2D eigenvalue weighted by Gasteiger charge is -2.53. The van der Waals surface area contributed by atoms with Crippen molar-refractivity contribution in [3.8, 4) is 0 Å². The van der Waals surface area contributed by atoms with E-state index in [1.165, 1.54) is 5.57 Å². The minimum absolute atomic E-state index is 0.0796. The lowest BCUT2D eigenvalue weighted by Crippen LogP contribution is -2.49. The quantitative estimate of drug-likeness (QED) is 0.616. The number of ether oxygens (including phenoxy) is 1. The molecule has 3 heteroatoms. The van der Waals surface area contributed by atoms with Crippen LogP contribution in [-0.2, 0) is 9.53 Å². The molecule has 2 fully saturated rings. The number of carbonyl (C=O) groups is 1. The number of Topliss-reactive ketones (excluding diaryl/α,β-unsaturated/α-hetero) is 1. The maximum Gasteiger partial charge on any atom is 0.161 e. The fourth-order valence-corrected chi connectivity index (χ4v) is 3.57. The first kappa shape index (κ1) is 14.5. The van der Waals surface area contributed by atoms with Gasteiger partial charge in [-0.1, -0.05) is 25.7 Å². The average Bonchev–Trinajstić information content (AvgIpc) is 2.43. The second kappa shape index (κ2) is 5.22. The summed E-state index contributed by atoms with van der Waals surface area (Å²) in [7, 11) is 1.62. The molecule has 2 aliphatic carbocycles. The van der Waals surface area contributed by atoms with Crippen molar-refractivity contribution in [3.63, 3.8) is 0 Å². The number of allylic oxidation sites excluding steroid dienone is 1. The lowest BCUT2D eigenvalue weighted by molar-refractivity contribution is -0.124. The van der Waals surface area contributed by atoms with Crippen molar-refractivity contribution in [3.05, 3.63) is 24.3 Å². The number of aliphatic hydroxyl groups is 1. The number of methoxy groups -OCH3 is 1. The number of rotatable bonds is 2. The SMILES string of the molecule is C=C1CC[C@@H](OC)C(=C)C(=O)C[C@@H]2[C@@H]1C[C@]2(C)CO. The summed E-state index contributed by atoms with van der Waals surface area (Å²) >= 11 is 0. The van der Waals surface area contributed by atoms with Crippen LogP contribution < -0.4 is 0 Å². The van der Waals surface area contributed by atoms with E-state index in [9.17, 15) is 9.90 Å². The lowest BCUT2D eigenvalue weighted by atomic mass is 9.51. The maximum atomic E-state index is 12.3. The number of hydrogen-bond acceptors (Lipinski definition) is 3. The summed E-state index contributed by atoms with van der Waals surface area (Å²) in [5, 5.41) is 9.57. The highest BCUT2D eigenvalue weighted by Gasteiger charge is 2.52. The Morgan fingerprint density at radius 2 is 2.16 bits per heavy atom. The minimum atomic E-state index is -0.192. The van der Waals surface area contributed by atoms with Crippen molar-refractivity contribution in [1.29, 1.82) is 0 Å². The first-order valence-corrected chi connectivity index (χ1v) is 6.96. The zero-order valence-electron chi connectivity index (χ0n) is 11.9. The molecular formula is C16H24O3. The zero-order chi connectivity index (χ0) is 14.2. The van der Waals surface area contributed by atoms with Crippen LogP contribution in [0.4, 0.5) is 0 Å². The minimum Gasteiger partial charge on any atom is -0.396 e. The van der Waals surface area contributed by atoms with Crippen LogP contribution in [-0.4, -0.2) is 30.7 Å². The summed E-state index contributed by atoms with van der Waals surface area (Å²) in [6.07, 6.45) is 2.85. The molecule has 2 rings (SSSR count). The highest BCUT2D eigenvalue weighted by Crippen LogP contribution is 2.56. The van der Waals surface area contributed by atoms with E-state index in [0.29, 0.717) is 17.9 Å². The van der Waals surface area contributed by atoms with E-state index in [1.54, 1.807) is 7.11 Å². The summed E-state index contributed by atoms with van der Waals surface area (Å²) in [4.78, 5) is 12.3. The zero-order valence-corrected chi connectivity index (χ0v) is 11.9. The van der Waals surface area contributed by atoms with Gasteiger partial charge in [0.05, 0.1) is 6.10 Å². The molecule has 19 heavy (non-hydrogen) atoms. The molecule has 1 N–H and O–H groups in total. The van der Waals surface area contributed by atoms with Crippen LogP contribution in [0.3, 0.4) is 0 Å². The fourth-order valence-electron chi connectivity index (χ4n) is 3.57. The number of hydrogen-bond donors (Lipinski definition) is 1. The fraction of sp³-hybridized carbons (Fsp3) is 0.688. The van der Waals surface area contributed by atoms with Gasteiger partial charge in [-0.15, -0.1) is 0 Å². The van der Waals surface area contributed by atoms with Crippen LogP contribution in [0.5, 0.6) is 0 Å². The Kier molecular flexibility index (Phi) is 3.98. The van der Waals surface area contributed by atoms with E-state index in [4.69, 9.17) is 4.74 Å². The Morgan fingerprint density at radius 3 is 2.74 bits per heavy atom. The smallest absolute Gasteiger partial charge is 0.161 e. The molecule has 0 aliphatic heterocycles. The van der Waals surface area contributed by atoms with Gasteiger partial charge in [-0.05, 0) is 36.5 Å². The third-order valence-electron chi connectivity index (χ3n) is 5.12. The van der Waals surface area contributed by atoms with E-state index in [0.717, 1.165) is 19.3 Å². The largest absolute Gasteiger partial charge is 0.396 e. The Morgan fingerprint density at radius 1 is 1.47 bits per heavy atom. The van der Waals surface area contributed by atoms with Crippen molar-refractivity contribution in [2.24, 2.45) is 17.3 Å². The molecule has 0 bridgehead atoms. The predicted octanol–water partition coefficient (Wildman–Crippen LogP) is 2.50. The van der Waals surface area contributed by atoms with Gasteiger partial charge in [-0.3, -0.25) is 4.79 Å². The van der Waals surface area contributed by atoms with E-state index in [2.05, 4.69) is 20.1 Å². The second-order valence-electron chi connectivity index (χ2n) is 6.30. The second-order valence-corrected chi connectivity index (χ2v) is 6.30. The monoisotopic (exact) mass is 264 g/mol. The number of fused-ring (bicyclic) bond motifs is 1. The van der Waals surface area contributed by atoms with Crippen LogP contribution in [0.1, 0.15) is 32.6 Å². The molecule has 3 nitrogen and oxygen atoms in total. The number of carbonyl (C=O) groups excluding carboxylic acids is 1. The summed E-state index contributed by atoms with van der Waals surface area (Å²) in [6, 6.07) is 0. The molecule has 0 radical (unpaired) electrons. The molecule has 0 unspecified atom stereocenters. The molecule has 0 spiro atoms. The molecule has 0 heterocycles. The van der Waals surface area contributed by atoms with E-state index < -0.39 is 0 Å². The Hall–Kier alpha value is -0.930. The van der Waals surface area contributed by atoms with Gasteiger partial charge >= 0.3 is 0 Å². The Balaban J connectivity index is 2.23. The van der Waals surface area contributed by atoms with Gasteiger partial charge in [-0.2, -0.15) is 0 Å². The summed E-state index contributed by atoms with van der Waals surface area (Å²) < 4.78 is 5.37. The van der Waals surface area contributed by atoms with Crippen LogP contribution in [0.25, 0.3) is 0 Å². The standard InChI is InChI=1S/C16H24O3/c1-10-5-6-15(19-4)11(2)14(18)7-13-12(10)8-16(13,3)9-17/h12-13,15,17H,1-2,5-9H2,3-4H3/t12-,13-,15-,16-/m1/s1. The van der Waals surface area contributed by atoms with Crippen molar-refractivity contribution in [2.75, 3.05) is 13.7 Å². The van der Waals surface area contributed by atoms with E-state index in [-0.39, 0.29) is 29.8 Å². The summed E-state index contributed by atoms with van der Waals surface area (Å²) in [5.74, 6) is 0.644. The molecule has 0 amide bonds. The third-order valence-corrected chi connectivity index (χ3v) is 5.12. The first-order valence-electron chi connectivity index (χ1n) is 6.96. The van der Waals surface area contributed by atoms with Crippen molar-refractivity contribution >= 4 is 5.78 Å². The molecule has 0 aromatic rings. The Bertz CT molecular complexity index is 412. The van der Waals surface area contributed by atoms with Gasteiger partial charge in [0.15, 0.2) is 5.78 Å². The normalized spacial score (nSPS) is 39.9. The highest BCUT2D eigenvalue weighted by atomic mass is 16.5. The first-order chi connectivity index (χ1) is 8.92. The van der Waals surface area contributed by atoms with Gasteiger partial charge in [-0.25, -0.2) is 0 Å². The van der Waals surface area contributed by atoms with E-state index >= 15 is 0 Å². The maximum absolute atomic E-state index is 12.3. The summed E-state index contributed by atoms with van der Waals surface area (Å²) in [5.41, 5.74) is 1.62. The molecule has 4 atom stereocenters. The van der Waals surface area contributed by atoms with Crippen LogP contribution in [0.2, 0.25) is 0 Å². The van der Waals surface area contributed by atoms with Gasteiger partial charge in [0, 0.05) is 25.7 Å². The van der Waals surface area contributed by atoms with Crippen LogP contribution >= 0.6 is 0 Å². The molecule has 0 aromatic carbocycles. The number of aliphatic hydroxyl groups excluding tert-OH is 1. The molecule has 2 saturated carbocycles. The molecular weight excluding hydrogens is 240 g/mol. The van der Waals surface area contributed by atoms with Crippen LogP contribution in [0, 0.1) is 17.3 Å². The molecule has 0 aromatic heterocycles.